The highest BCUT2D eigenvalue weighted by molar-refractivity contribution is 14.1. The molecule has 0 radical (unpaired) electrons. The Kier molecular flexibility index (Phi) is 5.03. The van der Waals surface area contributed by atoms with E-state index in [0.29, 0.717) is 13.2 Å². The SMILES string of the molecule is I/C=C\COCc1ccccc1. The number of halogens is 1. The zero-order valence-corrected chi connectivity index (χ0v) is 8.90. The summed E-state index contributed by atoms with van der Waals surface area (Å²) < 4.78 is 7.33. The number of rotatable bonds is 4. The second-order valence-electron chi connectivity index (χ2n) is 2.36. The van der Waals surface area contributed by atoms with Gasteiger partial charge in [0.2, 0.25) is 0 Å². The molecule has 0 heterocycles. The van der Waals surface area contributed by atoms with Crippen LogP contribution in [0.3, 0.4) is 0 Å². The molecular formula is C10H11IO. The van der Waals surface area contributed by atoms with E-state index in [1.807, 2.05) is 28.4 Å². The molecule has 1 nitrogen and oxygen atoms in total. The molecular weight excluding hydrogens is 263 g/mol. The molecule has 0 fully saturated rings. The van der Waals surface area contributed by atoms with E-state index >= 15 is 0 Å². The lowest BCUT2D eigenvalue weighted by molar-refractivity contribution is 0.149. The minimum atomic E-state index is 0.692. The molecule has 0 bridgehead atoms. The number of hydrogen-bond donors (Lipinski definition) is 0. The van der Waals surface area contributed by atoms with Gasteiger partial charge in [-0.2, -0.15) is 0 Å². The maximum atomic E-state index is 5.37. The smallest absolute Gasteiger partial charge is 0.0721 e. The molecule has 0 unspecified atom stereocenters. The van der Waals surface area contributed by atoms with Gasteiger partial charge in [0, 0.05) is 0 Å². The first-order chi connectivity index (χ1) is 5.93. The quantitative estimate of drug-likeness (QED) is 0.605. The molecule has 12 heavy (non-hydrogen) atoms. The fraction of sp³-hybridized carbons (Fsp3) is 0.200. The van der Waals surface area contributed by atoms with Gasteiger partial charge in [0.25, 0.3) is 0 Å². The summed E-state index contributed by atoms with van der Waals surface area (Å²) in [6.45, 7) is 1.39. The number of ether oxygens (including phenoxy) is 1. The first-order valence-electron chi connectivity index (χ1n) is 3.80. The fourth-order valence-corrected chi connectivity index (χ4v) is 1.06. The Morgan fingerprint density at radius 3 is 2.67 bits per heavy atom. The molecule has 0 aliphatic rings. The van der Waals surface area contributed by atoms with Gasteiger partial charge in [0.15, 0.2) is 0 Å². The molecule has 1 aromatic carbocycles. The Balaban J connectivity index is 2.24. The van der Waals surface area contributed by atoms with Crippen LogP contribution in [0, 0.1) is 0 Å². The van der Waals surface area contributed by atoms with Gasteiger partial charge in [0.05, 0.1) is 13.2 Å². The van der Waals surface area contributed by atoms with Gasteiger partial charge < -0.3 is 4.74 Å². The van der Waals surface area contributed by atoms with Crippen molar-refractivity contribution in [2.45, 2.75) is 6.61 Å². The maximum absolute atomic E-state index is 5.37. The molecule has 0 aliphatic heterocycles. The average Bonchev–Trinajstić information content (AvgIpc) is 2.14. The predicted octanol–water partition coefficient (Wildman–Crippen LogP) is 3.15. The molecule has 0 saturated carbocycles. The molecule has 0 atom stereocenters. The third kappa shape index (κ3) is 3.88. The van der Waals surface area contributed by atoms with Gasteiger partial charge in [0.1, 0.15) is 0 Å². The van der Waals surface area contributed by atoms with Crippen LogP contribution in [0.4, 0.5) is 0 Å². The van der Waals surface area contributed by atoms with Crippen molar-refractivity contribution in [2.75, 3.05) is 6.61 Å². The Bertz CT molecular complexity index is 231. The highest BCUT2D eigenvalue weighted by Gasteiger charge is 1.88. The third-order valence-electron chi connectivity index (χ3n) is 1.41. The predicted molar refractivity (Wildman–Crippen MR) is 59.3 cm³/mol. The van der Waals surface area contributed by atoms with Crippen molar-refractivity contribution in [3.05, 3.63) is 46.1 Å². The minimum absolute atomic E-state index is 0.692. The van der Waals surface area contributed by atoms with Crippen LogP contribution >= 0.6 is 22.6 Å². The first-order valence-corrected chi connectivity index (χ1v) is 5.05. The van der Waals surface area contributed by atoms with Crippen molar-refractivity contribution in [1.29, 1.82) is 0 Å². The summed E-state index contributed by atoms with van der Waals surface area (Å²) in [5.41, 5.74) is 1.22. The van der Waals surface area contributed by atoms with Gasteiger partial charge in [-0.25, -0.2) is 0 Å². The number of benzene rings is 1. The molecule has 64 valence electrons. The van der Waals surface area contributed by atoms with E-state index in [-0.39, 0.29) is 0 Å². The van der Waals surface area contributed by atoms with E-state index in [1.165, 1.54) is 5.56 Å². The van der Waals surface area contributed by atoms with Gasteiger partial charge in [-0.1, -0.05) is 59.0 Å². The molecule has 0 amide bonds. The van der Waals surface area contributed by atoms with Crippen LogP contribution < -0.4 is 0 Å². The van der Waals surface area contributed by atoms with Gasteiger partial charge in [-0.15, -0.1) is 0 Å². The van der Waals surface area contributed by atoms with Crippen molar-refractivity contribution >= 4 is 22.6 Å². The summed E-state index contributed by atoms with van der Waals surface area (Å²) >= 11 is 2.18. The van der Waals surface area contributed by atoms with Gasteiger partial charge >= 0.3 is 0 Å². The summed E-state index contributed by atoms with van der Waals surface area (Å²) in [6.07, 6.45) is 1.99. The molecule has 0 aliphatic carbocycles. The second-order valence-corrected chi connectivity index (χ2v) is 3.08. The van der Waals surface area contributed by atoms with Crippen LogP contribution in [0.5, 0.6) is 0 Å². The average molecular weight is 274 g/mol. The summed E-state index contributed by atoms with van der Waals surface area (Å²) in [6, 6.07) is 10.2. The topological polar surface area (TPSA) is 9.23 Å². The Hall–Kier alpha value is -0.350. The standard InChI is InChI=1S/C10H11IO/c11-7-4-8-12-9-10-5-2-1-3-6-10/h1-7H,8-9H2/b7-4-. The van der Waals surface area contributed by atoms with E-state index in [0.717, 1.165) is 0 Å². The lowest BCUT2D eigenvalue weighted by atomic mass is 10.2. The number of hydrogen-bond acceptors (Lipinski definition) is 1. The maximum Gasteiger partial charge on any atom is 0.0721 e. The Morgan fingerprint density at radius 1 is 1.25 bits per heavy atom. The molecule has 1 aromatic rings. The Labute approximate surface area is 86.6 Å². The van der Waals surface area contributed by atoms with Crippen molar-refractivity contribution in [2.24, 2.45) is 0 Å². The molecule has 0 spiro atoms. The van der Waals surface area contributed by atoms with E-state index < -0.39 is 0 Å². The molecule has 0 saturated heterocycles. The van der Waals surface area contributed by atoms with Crippen molar-refractivity contribution in [3.8, 4) is 0 Å². The van der Waals surface area contributed by atoms with Crippen LogP contribution in [-0.2, 0) is 11.3 Å². The zero-order chi connectivity index (χ0) is 8.65. The summed E-state index contributed by atoms with van der Waals surface area (Å²) in [4.78, 5) is 0. The molecule has 0 aromatic heterocycles. The molecule has 2 heteroatoms. The van der Waals surface area contributed by atoms with E-state index in [2.05, 4.69) is 34.7 Å². The first kappa shape index (κ1) is 9.74. The lowest BCUT2D eigenvalue weighted by Crippen LogP contribution is -1.91. The van der Waals surface area contributed by atoms with Crippen LogP contribution in [0.15, 0.2) is 40.5 Å². The van der Waals surface area contributed by atoms with Gasteiger partial charge in [-0.05, 0) is 9.65 Å². The summed E-state index contributed by atoms with van der Waals surface area (Å²) in [5, 5.41) is 0. The van der Waals surface area contributed by atoms with Crippen LogP contribution in [0.2, 0.25) is 0 Å². The third-order valence-corrected chi connectivity index (χ3v) is 1.92. The van der Waals surface area contributed by atoms with Crippen molar-refractivity contribution in [1.82, 2.24) is 0 Å². The fourth-order valence-electron chi connectivity index (χ4n) is 0.855. The van der Waals surface area contributed by atoms with Crippen LogP contribution in [-0.4, -0.2) is 6.61 Å². The second kappa shape index (κ2) is 6.20. The zero-order valence-electron chi connectivity index (χ0n) is 6.74. The largest absolute Gasteiger partial charge is 0.373 e. The van der Waals surface area contributed by atoms with Crippen LogP contribution in [0.25, 0.3) is 0 Å². The highest BCUT2D eigenvalue weighted by Crippen LogP contribution is 2.00. The van der Waals surface area contributed by atoms with E-state index in [9.17, 15) is 0 Å². The summed E-state index contributed by atoms with van der Waals surface area (Å²) in [7, 11) is 0. The van der Waals surface area contributed by atoms with Gasteiger partial charge in [-0.3, -0.25) is 0 Å². The minimum Gasteiger partial charge on any atom is -0.373 e. The monoisotopic (exact) mass is 274 g/mol. The normalized spacial score (nSPS) is 10.8. The molecule has 0 N–H and O–H groups in total. The Morgan fingerprint density at radius 2 is 2.00 bits per heavy atom. The van der Waals surface area contributed by atoms with Crippen molar-refractivity contribution < 1.29 is 4.74 Å². The summed E-state index contributed by atoms with van der Waals surface area (Å²) in [5.74, 6) is 0. The van der Waals surface area contributed by atoms with E-state index in [1.54, 1.807) is 0 Å². The highest BCUT2D eigenvalue weighted by atomic mass is 127. The lowest BCUT2D eigenvalue weighted by Gasteiger charge is -1.99. The van der Waals surface area contributed by atoms with Crippen LogP contribution in [0.1, 0.15) is 5.56 Å². The van der Waals surface area contributed by atoms with E-state index in [4.69, 9.17) is 4.74 Å². The molecule has 1 rings (SSSR count). The van der Waals surface area contributed by atoms with Crippen molar-refractivity contribution in [3.63, 3.8) is 0 Å².